The molecule has 1 unspecified atom stereocenters. The quantitative estimate of drug-likeness (QED) is 0.587. The Labute approximate surface area is 134 Å². The summed E-state index contributed by atoms with van der Waals surface area (Å²) in [5.74, 6) is 1.06. The SMILES string of the molecule is C1=C(c2cccc3ccccc23)O[Te]C1c1ccccc1. The Hall–Kier alpha value is -1.75. The first kappa shape index (κ1) is 13.0. The van der Waals surface area contributed by atoms with Gasteiger partial charge in [-0.25, -0.2) is 0 Å². The average molecular weight is 386 g/mol. The summed E-state index contributed by atoms with van der Waals surface area (Å²) in [5, 5.41) is 2.54. The molecule has 1 aliphatic rings. The van der Waals surface area contributed by atoms with Gasteiger partial charge < -0.3 is 0 Å². The van der Waals surface area contributed by atoms with Crippen molar-refractivity contribution in [3.63, 3.8) is 0 Å². The molecule has 0 amide bonds. The fourth-order valence-electron chi connectivity index (χ4n) is 2.67. The summed E-state index contributed by atoms with van der Waals surface area (Å²) in [6.45, 7) is 0. The van der Waals surface area contributed by atoms with Crippen LogP contribution in [-0.2, 0) is 3.10 Å². The fraction of sp³-hybridized carbons (Fsp3) is 0.0526. The molecule has 0 fully saturated rings. The van der Waals surface area contributed by atoms with Gasteiger partial charge in [-0.1, -0.05) is 0 Å². The number of fused-ring (bicyclic) bond motifs is 1. The predicted octanol–water partition coefficient (Wildman–Crippen LogP) is 4.57. The number of rotatable bonds is 2. The van der Waals surface area contributed by atoms with Crippen LogP contribution in [0.15, 0.2) is 78.9 Å². The average Bonchev–Trinajstić information content (AvgIpc) is 3.05. The van der Waals surface area contributed by atoms with E-state index in [1.54, 1.807) is 0 Å². The molecule has 0 bridgehead atoms. The third kappa shape index (κ3) is 2.46. The summed E-state index contributed by atoms with van der Waals surface area (Å²) in [6.07, 6.45) is 2.30. The molecule has 1 heterocycles. The number of hydrogen-bond acceptors (Lipinski definition) is 1. The van der Waals surface area contributed by atoms with E-state index in [-0.39, 0.29) is 0 Å². The Balaban J connectivity index is 1.77. The zero-order chi connectivity index (χ0) is 14.1. The Kier molecular flexibility index (Phi) is 3.43. The number of benzene rings is 3. The first-order valence-corrected chi connectivity index (χ1v) is 9.30. The molecule has 3 aromatic rings. The van der Waals surface area contributed by atoms with Crippen molar-refractivity contribution < 1.29 is 3.10 Å². The van der Waals surface area contributed by atoms with E-state index < -0.39 is 21.3 Å². The van der Waals surface area contributed by atoms with Crippen molar-refractivity contribution in [2.75, 3.05) is 0 Å². The predicted molar refractivity (Wildman–Crippen MR) is 87.9 cm³/mol. The van der Waals surface area contributed by atoms with E-state index >= 15 is 0 Å². The topological polar surface area (TPSA) is 9.23 Å². The van der Waals surface area contributed by atoms with Gasteiger partial charge in [0, 0.05) is 0 Å². The standard InChI is InChI=1S/C19H14OTe/c1-2-8-15(9-3-1)19-13-18(20-21-19)17-12-6-10-14-7-4-5-11-16(14)17/h1-13,19H. The van der Waals surface area contributed by atoms with Gasteiger partial charge in [0.2, 0.25) is 0 Å². The van der Waals surface area contributed by atoms with Crippen molar-refractivity contribution >= 4 is 37.9 Å². The molecule has 2 heteroatoms. The van der Waals surface area contributed by atoms with Crippen LogP contribution in [0, 0.1) is 0 Å². The molecule has 3 aromatic carbocycles. The van der Waals surface area contributed by atoms with Crippen LogP contribution < -0.4 is 0 Å². The molecule has 0 saturated carbocycles. The van der Waals surface area contributed by atoms with Crippen LogP contribution in [0.2, 0.25) is 0 Å². The first-order chi connectivity index (χ1) is 10.4. The third-order valence-corrected chi connectivity index (χ3v) is 6.27. The van der Waals surface area contributed by atoms with E-state index in [2.05, 4.69) is 78.9 Å². The van der Waals surface area contributed by atoms with E-state index in [9.17, 15) is 0 Å². The Bertz CT molecular complexity index is 803. The van der Waals surface area contributed by atoms with Crippen molar-refractivity contribution in [2.45, 2.75) is 3.97 Å². The van der Waals surface area contributed by atoms with Gasteiger partial charge in [0.15, 0.2) is 0 Å². The minimum absolute atomic E-state index is 0.477. The number of allylic oxidation sites excluding steroid dienone is 1. The second-order valence-corrected chi connectivity index (χ2v) is 7.54. The number of hydrogen-bond donors (Lipinski definition) is 0. The molecule has 0 aromatic heterocycles. The van der Waals surface area contributed by atoms with Crippen molar-refractivity contribution in [3.8, 4) is 0 Å². The second kappa shape index (κ2) is 5.56. The molecule has 4 rings (SSSR count). The van der Waals surface area contributed by atoms with E-state index in [0.717, 1.165) is 5.76 Å². The molecule has 0 spiro atoms. The van der Waals surface area contributed by atoms with Crippen LogP contribution in [0.1, 0.15) is 15.1 Å². The second-order valence-electron chi connectivity index (χ2n) is 5.07. The minimum atomic E-state index is -0.507. The molecule has 21 heavy (non-hydrogen) atoms. The van der Waals surface area contributed by atoms with Gasteiger partial charge in [0.1, 0.15) is 0 Å². The van der Waals surface area contributed by atoms with Gasteiger partial charge in [-0.2, -0.15) is 0 Å². The Morgan fingerprint density at radius 2 is 1.52 bits per heavy atom. The van der Waals surface area contributed by atoms with Crippen LogP contribution >= 0.6 is 0 Å². The first-order valence-electron chi connectivity index (χ1n) is 7.00. The molecule has 0 radical (unpaired) electrons. The van der Waals surface area contributed by atoms with Crippen molar-refractivity contribution in [2.24, 2.45) is 0 Å². The summed E-state index contributed by atoms with van der Waals surface area (Å²) < 4.78 is 6.58. The molecule has 102 valence electrons. The normalized spacial score (nSPS) is 17.5. The van der Waals surface area contributed by atoms with Gasteiger partial charge in [0.05, 0.1) is 0 Å². The van der Waals surface area contributed by atoms with Crippen LogP contribution in [0.25, 0.3) is 16.5 Å². The molecule has 0 saturated heterocycles. The zero-order valence-corrected chi connectivity index (χ0v) is 13.7. The maximum atomic E-state index is 6.11. The molecule has 1 atom stereocenters. The van der Waals surface area contributed by atoms with Gasteiger partial charge in [0.25, 0.3) is 0 Å². The van der Waals surface area contributed by atoms with Gasteiger partial charge in [-0.3, -0.25) is 0 Å². The Morgan fingerprint density at radius 3 is 2.43 bits per heavy atom. The molecular formula is C19H14OTe. The van der Waals surface area contributed by atoms with Crippen LogP contribution in [0.4, 0.5) is 0 Å². The van der Waals surface area contributed by atoms with Crippen LogP contribution in [0.3, 0.4) is 0 Å². The van der Waals surface area contributed by atoms with E-state index in [1.165, 1.54) is 21.9 Å². The zero-order valence-electron chi connectivity index (χ0n) is 11.4. The van der Waals surface area contributed by atoms with Crippen molar-refractivity contribution in [3.05, 3.63) is 90.0 Å². The summed E-state index contributed by atoms with van der Waals surface area (Å²) in [6, 6.07) is 25.6. The summed E-state index contributed by atoms with van der Waals surface area (Å²) >= 11 is -0.507. The maximum absolute atomic E-state index is 6.11. The summed E-state index contributed by atoms with van der Waals surface area (Å²) in [7, 11) is 0. The molecule has 1 nitrogen and oxygen atoms in total. The molecule has 1 aliphatic heterocycles. The van der Waals surface area contributed by atoms with Gasteiger partial charge >= 0.3 is 135 Å². The molecular weight excluding hydrogens is 372 g/mol. The van der Waals surface area contributed by atoms with E-state index in [1.807, 2.05) is 0 Å². The van der Waals surface area contributed by atoms with Crippen molar-refractivity contribution in [1.82, 2.24) is 0 Å². The summed E-state index contributed by atoms with van der Waals surface area (Å²) in [5.41, 5.74) is 2.59. The third-order valence-electron chi connectivity index (χ3n) is 3.73. The van der Waals surface area contributed by atoms with Crippen LogP contribution in [0.5, 0.6) is 0 Å². The van der Waals surface area contributed by atoms with Gasteiger partial charge in [-0.05, 0) is 0 Å². The monoisotopic (exact) mass is 388 g/mol. The molecule has 0 aliphatic carbocycles. The van der Waals surface area contributed by atoms with E-state index in [4.69, 9.17) is 3.10 Å². The molecule has 0 N–H and O–H groups in total. The van der Waals surface area contributed by atoms with Gasteiger partial charge in [-0.15, -0.1) is 0 Å². The fourth-order valence-corrected chi connectivity index (χ4v) is 4.95. The van der Waals surface area contributed by atoms with Crippen LogP contribution in [-0.4, -0.2) is 21.3 Å². The summed E-state index contributed by atoms with van der Waals surface area (Å²) in [4.78, 5) is 0. The van der Waals surface area contributed by atoms with Crippen molar-refractivity contribution in [1.29, 1.82) is 0 Å². The van der Waals surface area contributed by atoms with E-state index in [0.29, 0.717) is 3.97 Å². The Morgan fingerprint density at radius 1 is 0.762 bits per heavy atom.